The van der Waals surface area contributed by atoms with Gasteiger partial charge in [0.05, 0.1) is 18.1 Å². The van der Waals surface area contributed by atoms with Crippen molar-refractivity contribution in [2.24, 2.45) is 0 Å². The van der Waals surface area contributed by atoms with Crippen molar-refractivity contribution < 1.29 is 19.1 Å². The normalized spacial score (nSPS) is 14.4. The molecule has 0 unspecified atom stereocenters. The third-order valence-electron chi connectivity index (χ3n) is 5.81. The molecule has 1 fully saturated rings. The summed E-state index contributed by atoms with van der Waals surface area (Å²) in [4.78, 5) is 27.5. The molecule has 184 valence electrons. The lowest BCUT2D eigenvalue weighted by Gasteiger charge is -2.17. The monoisotopic (exact) mass is 499 g/mol. The number of amides is 2. The van der Waals surface area contributed by atoms with E-state index in [9.17, 15) is 9.59 Å². The van der Waals surface area contributed by atoms with Gasteiger partial charge in [0.15, 0.2) is 11.5 Å². The highest BCUT2D eigenvalue weighted by Crippen LogP contribution is 2.38. The third kappa shape index (κ3) is 5.89. The number of thioether (sulfide) groups is 1. The number of allylic oxidation sites excluding steroid dienone is 1. The summed E-state index contributed by atoms with van der Waals surface area (Å²) < 4.78 is 12.1. The molecule has 0 aliphatic carbocycles. The topological polar surface area (TPSA) is 55.8 Å². The zero-order chi connectivity index (χ0) is 25.5. The van der Waals surface area contributed by atoms with E-state index in [4.69, 9.17) is 9.47 Å². The van der Waals surface area contributed by atoms with E-state index in [0.29, 0.717) is 36.0 Å². The number of aryl methyl sites for hydroxylation is 1. The number of ether oxygens (including phenoxy) is 2. The molecule has 0 atom stereocenters. The number of benzene rings is 3. The fourth-order valence-electron chi connectivity index (χ4n) is 3.98. The van der Waals surface area contributed by atoms with E-state index in [-0.39, 0.29) is 17.7 Å². The second-order valence-electron chi connectivity index (χ2n) is 8.40. The molecule has 4 rings (SSSR count). The van der Waals surface area contributed by atoms with Crippen molar-refractivity contribution in [1.29, 1.82) is 0 Å². The maximum Gasteiger partial charge on any atom is 0.293 e. The average molecular weight is 500 g/mol. The number of nitrogens with zero attached hydrogens (tertiary/aromatic N) is 1. The molecule has 6 heteroatoms. The van der Waals surface area contributed by atoms with Crippen LogP contribution >= 0.6 is 11.8 Å². The van der Waals surface area contributed by atoms with Gasteiger partial charge >= 0.3 is 0 Å². The Morgan fingerprint density at radius 2 is 1.72 bits per heavy atom. The zero-order valence-electron chi connectivity index (χ0n) is 20.5. The number of hydrogen-bond donors (Lipinski definition) is 0. The summed E-state index contributed by atoms with van der Waals surface area (Å²) in [5.41, 5.74) is 4.71. The number of carbonyl (C=O) groups excluding carboxylic acids is 2. The van der Waals surface area contributed by atoms with E-state index >= 15 is 0 Å². The van der Waals surface area contributed by atoms with Crippen LogP contribution in [0.1, 0.15) is 34.7 Å². The van der Waals surface area contributed by atoms with Crippen molar-refractivity contribution in [2.75, 3.05) is 6.61 Å². The summed E-state index contributed by atoms with van der Waals surface area (Å²) in [5, 5.41) is -0.270. The first-order chi connectivity index (χ1) is 17.5. The molecule has 3 aromatic carbocycles. The Kier molecular flexibility index (Phi) is 8.28. The summed E-state index contributed by atoms with van der Waals surface area (Å²) in [7, 11) is 0. The molecule has 5 nitrogen and oxygen atoms in total. The van der Waals surface area contributed by atoms with Crippen LogP contribution in [-0.2, 0) is 24.4 Å². The number of carbonyl (C=O) groups is 2. The molecule has 1 aliphatic heterocycles. The first-order valence-corrected chi connectivity index (χ1v) is 12.7. The van der Waals surface area contributed by atoms with E-state index in [0.717, 1.165) is 39.6 Å². The molecule has 2 amide bonds. The molecule has 1 saturated heterocycles. The van der Waals surface area contributed by atoms with Gasteiger partial charge in [0.2, 0.25) is 0 Å². The van der Waals surface area contributed by atoms with Gasteiger partial charge in [0.1, 0.15) is 6.61 Å². The van der Waals surface area contributed by atoms with Crippen LogP contribution in [0.4, 0.5) is 4.79 Å². The quantitative estimate of drug-likeness (QED) is 0.223. The lowest BCUT2D eigenvalue weighted by Crippen LogP contribution is -2.27. The fourth-order valence-corrected chi connectivity index (χ4v) is 4.81. The van der Waals surface area contributed by atoms with Crippen LogP contribution in [0.2, 0.25) is 0 Å². The molecule has 0 N–H and O–H groups in total. The van der Waals surface area contributed by atoms with E-state index < -0.39 is 0 Å². The maximum atomic E-state index is 13.1. The van der Waals surface area contributed by atoms with Crippen LogP contribution in [0, 0.1) is 6.92 Å². The number of hydrogen-bond acceptors (Lipinski definition) is 5. The van der Waals surface area contributed by atoms with E-state index in [1.54, 1.807) is 12.2 Å². The van der Waals surface area contributed by atoms with Gasteiger partial charge in [-0.25, -0.2) is 0 Å². The third-order valence-corrected chi connectivity index (χ3v) is 6.71. The molecular formula is C30H29NO4S. The molecule has 36 heavy (non-hydrogen) atoms. The Hall–Kier alpha value is -3.77. The fraction of sp³-hybridized carbons (Fsp3) is 0.200. The van der Waals surface area contributed by atoms with Gasteiger partial charge in [-0.15, -0.1) is 6.58 Å². The molecule has 0 aromatic heterocycles. The van der Waals surface area contributed by atoms with E-state index in [2.05, 4.69) is 6.58 Å². The van der Waals surface area contributed by atoms with Gasteiger partial charge in [-0.1, -0.05) is 60.7 Å². The molecule has 0 spiro atoms. The minimum absolute atomic E-state index is 0.257. The van der Waals surface area contributed by atoms with Gasteiger partial charge in [0.25, 0.3) is 11.1 Å². The Labute approximate surface area is 216 Å². The largest absolute Gasteiger partial charge is 0.490 e. The van der Waals surface area contributed by atoms with Crippen LogP contribution in [0.3, 0.4) is 0 Å². The van der Waals surface area contributed by atoms with Crippen molar-refractivity contribution in [1.82, 2.24) is 4.90 Å². The number of rotatable bonds is 10. The molecule has 0 bridgehead atoms. The first-order valence-electron chi connectivity index (χ1n) is 11.9. The highest BCUT2D eigenvalue weighted by atomic mass is 32.2. The lowest BCUT2D eigenvalue weighted by molar-refractivity contribution is -0.123. The summed E-state index contributed by atoms with van der Waals surface area (Å²) in [6.45, 7) is 8.90. The van der Waals surface area contributed by atoms with E-state index in [1.807, 2.05) is 80.6 Å². The number of imide groups is 1. The van der Waals surface area contributed by atoms with Crippen molar-refractivity contribution in [3.05, 3.63) is 112 Å². The minimum atomic E-state index is -0.291. The van der Waals surface area contributed by atoms with Gasteiger partial charge in [-0.3, -0.25) is 14.5 Å². The van der Waals surface area contributed by atoms with Crippen LogP contribution in [0.25, 0.3) is 6.08 Å². The predicted molar refractivity (Wildman–Crippen MR) is 145 cm³/mol. The van der Waals surface area contributed by atoms with Gasteiger partial charge in [-0.2, -0.15) is 0 Å². The van der Waals surface area contributed by atoms with Crippen molar-refractivity contribution in [3.63, 3.8) is 0 Å². The Morgan fingerprint density at radius 1 is 0.972 bits per heavy atom. The van der Waals surface area contributed by atoms with Crippen LogP contribution in [0.5, 0.6) is 11.5 Å². The minimum Gasteiger partial charge on any atom is -0.490 e. The summed E-state index contributed by atoms with van der Waals surface area (Å²) in [6, 6.07) is 21.5. The molecule has 1 heterocycles. The standard InChI is InChI=1S/C30H29NO4S/c1-4-11-24-16-23(17-26(34-5-2)28(24)35-20-22-13-7-6-8-14-22)18-27-29(32)31(30(33)36-27)19-25-15-10-9-12-21(25)3/h4,6-10,12-18H,1,5,11,19-20H2,2-3H3/b27-18-. The summed E-state index contributed by atoms with van der Waals surface area (Å²) in [5.74, 6) is 0.962. The van der Waals surface area contributed by atoms with Gasteiger partial charge < -0.3 is 9.47 Å². The Bertz CT molecular complexity index is 1300. The maximum absolute atomic E-state index is 13.1. The van der Waals surface area contributed by atoms with Gasteiger partial charge in [0, 0.05) is 5.56 Å². The SMILES string of the molecule is C=CCc1cc(/C=C2\SC(=O)N(Cc3ccccc3C)C2=O)cc(OCC)c1OCc1ccccc1. The predicted octanol–water partition coefficient (Wildman–Crippen LogP) is 6.94. The van der Waals surface area contributed by atoms with Crippen LogP contribution in [-0.4, -0.2) is 22.7 Å². The molecule has 0 radical (unpaired) electrons. The highest BCUT2D eigenvalue weighted by molar-refractivity contribution is 8.18. The van der Waals surface area contributed by atoms with Crippen molar-refractivity contribution in [3.8, 4) is 11.5 Å². The Morgan fingerprint density at radius 3 is 2.44 bits per heavy atom. The molecular weight excluding hydrogens is 470 g/mol. The smallest absolute Gasteiger partial charge is 0.293 e. The van der Waals surface area contributed by atoms with Crippen LogP contribution in [0.15, 0.2) is 84.3 Å². The second-order valence-corrected chi connectivity index (χ2v) is 9.39. The molecule has 3 aromatic rings. The van der Waals surface area contributed by atoms with Crippen molar-refractivity contribution >= 4 is 29.0 Å². The molecule has 1 aliphatic rings. The average Bonchev–Trinajstić information content (AvgIpc) is 3.13. The zero-order valence-corrected chi connectivity index (χ0v) is 21.3. The highest BCUT2D eigenvalue weighted by Gasteiger charge is 2.35. The van der Waals surface area contributed by atoms with E-state index in [1.165, 1.54) is 4.90 Å². The first kappa shape index (κ1) is 25.3. The summed E-state index contributed by atoms with van der Waals surface area (Å²) in [6.07, 6.45) is 4.12. The van der Waals surface area contributed by atoms with Crippen molar-refractivity contribution in [2.45, 2.75) is 33.4 Å². The Balaban J connectivity index is 1.62. The van der Waals surface area contributed by atoms with Gasteiger partial charge in [-0.05, 0) is 72.5 Å². The lowest BCUT2D eigenvalue weighted by atomic mass is 10.0. The van der Waals surface area contributed by atoms with Crippen LogP contribution < -0.4 is 9.47 Å². The molecule has 0 saturated carbocycles. The second kappa shape index (κ2) is 11.8. The summed E-state index contributed by atoms with van der Waals surface area (Å²) >= 11 is 0.958.